The molecule has 0 aromatic heterocycles. The molecule has 0 fully saturated rings. The van der Waals surface area contributed by atoms with Crippen molar-refractivity contribution in [3.8, 4) is 0 Å². The molecular weight excluding hydrogens is 298 g/mol. The molecule has 0 bridgehead atoms. The Morgan fingerprint density at radius 1 is 0.750 bits per heavy atom. The molecule has 0 amide bonds. The number of carboxylic acids is 1. The quantitative estimate of drug-likeness (QED) is 0.679. The number of carboxylic acid groups (broad SMARTS) is 1. The van der Waals surface area contributed by atoms with Crippen molar-refractivity contribution >= 4 is 17.3 Å². The summed E-state index contributed by atoms with van der Waals surface area (Å²) < 4.78 is 0. The van der Waals surface area contributed by atoms with Crippen LogP contribution in [0.4, 0.5) is 11.4 Å². The van der Waals surface area contributed by atoms with Crippen molar-refractivity contribution < 1.29 is 9.90 Å². The minimum atomic E-state index is -0.933. The first kappa shape index (κ1) is 15.8. The number of aryl methyl sites for hydroxylation is 2. The van der Waals surface area contributed by atoms with Gasteiger partial charge in [0.1, 0.15) is 0 Å². The summed E-state index contributed by atoms with van der Waals surface area (Å²) in [5.41, 5.74) is 4.34. The van der Waals surface area contributed by atoms with E-state index in [-0.39, 0.29) is 5.56 Å². The van der Waals surface area contributed by atoms with Gasteiger partial charge in [0.15, 0.2) is 0 Å². The monoisotopic (exact) mass is 317 g/mol. The second kappa shape index (κ2) is 7.47. The van der Waals surface area contributed by atoms with E-state index in [1.807, 2.05) is 24.3 Å². The third-order valence-electron chi connectivity index (χ3n) is 3.94. The zero-order valence-corrected chi connectivity index (χ0v) is 13.3. The molecule has 0 saturated heterocycles. The van der Waals surface area contributed by atoms with E-state index in [1.54, 1.807) is 18.2 Å². The van der Waals surface area contributed by atoms with Crippen LogP contribution in [0.5, 0.6) is 0 Å². The van der Waals surface area contributed by atoms with Crippen molar-refractivity contribution in [2.75, 3.05) is 5.32 Å². The van der Waals surface area contributed by atoms with Crippen molar-refractivity contribution in [3.63, 3.8) is 0 Å². The first-order valence-electron chi connectivity index (χ1n) is 7.94. The third kappa shape index (κ3) is 4.02. The normalized spacial score (nSPS) is 10.3. The first-order valence-corrected chi connectivity index (χ1v) is 7.94. The Hall–Kier alpha value is -3.07. The molecular formula is C21H19NO2. The lowest BCUT2D eigenvalue weighted by Gasteiger charge is -2.10. The molecule has 0 aliphatic heterocycles. The average Bonchev–Trinajstić information content (AvgIpc) is 2.62. The van der Waals surface area contributed by atoms with Gasteiger partial charge in [0, 0.05) is 5.69 Å². The summed E-state index contributed by atoms with van der Waals surface area (Å²) in [4.78, 5) is 11.2. The molecule has 0 saturated carbocycles. The topological polar surface area (TPSA) is 49.3 Å². The highest BCUT2D eigenvalue weighted by molar-refractivity contribution is 5.95. The fraction of sp³-hybridized carbons (Fsp3) is 0.0952. The molecule has 3 heteroatoms. The number of hydrogen-bond acceptors (Lipinski definition) is 2. The first-order chi connectivity index (χ1) is 11.7. The zero-order chi connectivity index (χ0) is 16.8. The Kier molecular flexibility index (Phi) is 4.92. The maximum atomic E-state index is 11.2. The van der Waals surface area contributed by atoms with Crippen molar-refractivity contribution in [1.82, 2.24) is 0 Å². The van der Waals surface area contributed by atoms with Crippen LogP contribution in [0.3, 0.4) is 0 Å². The van der Waals surface area contributed by atoms with Gasteiger partial charge in [-0.05, 0) is 48.2 Å². The number of carbonyl (C=O) groups is 1. The molecule has 0 spiro atoms. The highest BCUT2D eigenvalue weighted by Gasteiger charge is 2.08. The summed E-state index contributed by atoms with van der Waals surface area (Å²) in [5, 5.41) is 12.4. The molecule has 0 aliphatic carbocycles. The van der Waals surface area contributed by atoms with Crippen molar-refractivity contribution in [3.05, 3.63) is 95.6 Å². The Balaban J connectivity index is 1.66. The Labute approximate surface area is 141 Å². The molecule has 3 aromatic rings. The van der Waals surface area contributed by atoms with Gasteiger partial charge in [0.25, 0.3) is 0 Å². The number of benzene rings is 3. The SMILES string of the molecule is O=C(O)c1ccccc1Nc1ccc(CCc2ccccc2)cc1. The van der Waals surface area contributed by atoms with Gasteiger partial charge < -0.3 is 10.4 Å². The van der Waals surface area contributed by atoms with Crippen molar-refractivity contribution in [1.29, 1.82) is 0 Å². The maximum Gasteiger partial charge on any atom is 0.337 e. The van der Waals surface area contributed by atoms with Crippen LogP contribution in [-0.4, -0.2) is 11.1 Å². The van der Waals surface area contributed by atoms with Crippen LogP contribution < -0.4 is 5.32 Å². The van der Waals surface area contributed by atoms with Gasteiger partial charge in [-0.2, -0.15) is 0 Å². The summed E-state index contributed by atoms with van der Waals surface area (Å²) in [7, 11) is 0. The van der Waals surface area contributed by atoms with E-state index in [1.165, 1.54) is 11.1 Å². The molecule has 0 unspecified atom stereocenters. The summed E-state index contributed by atoms with van der Waals surface area (Å²) in [5.74, 6) is -0.933. The van der Waals surface area contributed by atoms with Crippen LogP contribution in [0.2, 0.25) is 0 Å². The lowest BCUT2D eigenvalue weighted by Crippen LogP contribution is -2.02. The Morgan fingerprint density at radius 2 is 1.33 bits per heavy atom. The van der Waals surface area contributed by atoms with Crippen LogP contribution in [0.25, 0.3) is 0 Å². The molecule has 120 valence electrons. The van der Waals surface area contributed by atoms with E-state index in [0.29, 0.717) is 5.69 Å². The average molecular weight is 317 g/mol. The largest absolute Gasteiger partial charge is 0.478 e. The van der Waals surface area contributed by atoms with Crippen LogP contribution in [-0.2, 0) is 12.8 Å². The van der Waals surface area contributed by atoms with Gasteiger partial charge in [-0.25, -0.2) is 4.79 Å². The second-order valence-corrected chi connectivity index (χ2v) is 5.66. The summed E-state index contributed by atoms with van der Waals surface area (Å²) in [6.45, 7) is 0. The fourth-order valence-corrected chi connectivity index (χ4v) is 2.62. The molecule has 3 rings (SSSR count). The number of aromatic carboxylic acids is 1. The number of hydrogen-bond donors (Lipinski definition) is 2. The van der Waals surface area contributed by atoms with Gasteiger partial charge in [-0.3, -0.25) is 0 Å². The maximum absolute atomic E-state index is 11.2. The second-order valence-electron chi connectivity index (χ2n) is 5.66. The minimum Gasteiger partial charge on any atom is -0.478 e. The molecule has 24 heavy (non-hydrogen) atoms. The van der Waals surface area contributed by atoms with E-state index in [2.05, 4.69) is 41.7 Å². The molecule has 3 aromatic carbocycles. The highest BCUT2D eigenvalue weighted by atomic mass is 16.4. The molecule has 2 N–H and O–H groups in total. The molecule has 0 atom stereocenters. The number of para-hydroxylation sites is 1. The van der Waals surface area contributed by atoms with Gasteiger partial charge >= 0.3 is 5.97 Å². The van der Waals surface area contributed by atoms with Crippen LogP contribution in [0.1, 0.15) is 21.5 Å². The Bertz CT molecular complexity index is 811. The summed E-state index contributed by atoms with van der Waals surface area (Å²) >= 11 is 0. The van der Waals surface area contributed by atoms with Crippen molar-refractivity contribution in [2.45, 2.75) is 12.8 Å². The Morgan fingerprint density at radius 3 is 2.00 bits per heavy atom. The van der Waals surface area contributed by atoms with Gasteiger partial charge in [-0.15, -0.1) is 0 Å². The minimum absolute atomic E-state index is 0.269. The lowest BCUT2D eigenvalue weighted by atomic mass is 10.0. The number of nitrogens with one attached hydrogen (secondary N) is 1. The van der Waals surface area contributed by atoms with Crippen LogP contribution in [0, 0.1) is 0 Å². The summed E-state index contributed by atoms with van der Waals surface area (Å²) in [6.07, 6.45) is 1.99. The smallest absolute Gasteiger partial charge is 0.337 e. The zero-order valence-electron chi connectivity index (χ0n) is 13.3. The van der Waals surface area contributed by atoms with E-state index < -0.39 is 5.97 Å². The van der Waals surface area contributed by atoms with Gasteiger partial charge in [-0.1, -0.05) is 54.6 Å². The highest BCUT2D eigenvalue weighted by Crippen LogP contribution is 2.21. The molecule has 3 nitrogen and oxygen atoms in total. The van der Waals surface area contributed by atoms with E-state index in [9.17, 15) is 9.90 Å². The predicted octanol–water partition coefficient (Wildman–Crippen LogP) is 4.91. The molecule has 0 aliphatic rings. The fourth-order valence-electron chi connectivity index (χ4n) is 2.62. The third-order valence-corrected chi connectivity index (χ3v) is 3.94. The number of anilines is 2. The number of rotatable bonds is 6. The summed E-state index contributed by atoms with van der Waals surface area (Å²) in [6, 6.07) is 25.5. The van der Waals surface area contributed by atoms with Crippen molar-refractivity contribution in [2.24, 2.45) is 0 Å². The van der Waals surface area contributed by atoms with Crippen LogP contribution in [0.15, 0.2) is 78.9 Å². The van der Waals surface area contributed by atoms with E-state index in [4.69, 9.17) is 0 Å². The van der Waals surface area contributed by atoms with Gasteiger partial charge in [0.05, 0.1) is 11.3 Å². The van der Waals surface area contributed by atoms with Gasteiger partial charge in [0.2, 0.25) is 0 Å². The lowest BCUT2D eigenvalue weighted by molar-refractivity contribution is 0.0698. The van der Waals surface area contributed by atoms with E-state index >= 15 is 0 Å². The van der Waals surface area contributed by atoms with Crippen LogP contribution >= 0.6 is 0 Å². The standard InChI is InChI=1S/C21H19NO2/c23-21(24)19-8-4-5-9-20(19)22-18-14-12-17(13-15-18)11-10-16-6-2-1-3-7-16/h1-9,12-15,22H,10-11H2,(H,23,24). The van der Waals surface area contributed by atoms with E-state index in [0.717, 1.165) is 18.5 Å². The predicted molar refractivity (Wildman–Crippen MR) is 97.0 cm³/mol. The molecule has 0 heterocycles. The molecule has 0 radical (unpaired) electrons.